The molecule has 1 amide bonds. The Hall–Kier alpha value is -3.86. The number of unbranched alkanes of at least 4 members (excludes halogenated alkanes) is 6. The highest BCUT2D eigenvalue weighted by Gasteiger charge is 2.50. The molecule has 1 aromatic heterocycles. The maximum atomic E-state index is 12.4. The van der Waals surface area contributed by atoms with Crippen molar-refractivity contribution in [1.82, 2.24) is 20.5 Å². The van der Waals surface area contributed by atoms with Crippen LogP contribution in [0, 0.1) is 11.8 Å². The van der Waals surface area contributed by atoms with Crippen molar-refractivity contribution >= 4 is 27.6 Å². The maximum absolute atomic E-state index is 12.4. The number of H-pyrrole nitrogens is 1. The van der Waals surface area contributed by atoms with Crippen LogP contribution in [0.2, 0.25) is 0 Å². The van der Waals surface area contributed by atoms with E-state index in [1.54, 1.807) is 6.07 Å². The number of piperidine rings is 3. The first-order chi connectivity index (χ1) is 23.9. The van der Waals surface area contributed by atoms with Gasteiger partial charge in [0.15, 0.2) is 0 Å². The first-order valence-electron chi connectivity index (χ1n) is 18.0. The van der Waals surface area contributed by atoms with Gasteiger partial charge in [-0.1, -0.05) is 92.0 Å². The molecule has 1 unspecified atom stereocenters. The lowest BCUT2D eigenvalue weighted by Crippen LogP contribution is -2.61. The fourth-order valence-corrected chi connectivity index (χ4v) is 8.93. The Bertz CT molecular complexity index is 1720. The van der Waals surface area contributed by atoms with E-state index in [0.717, 1.165) is 110 Å². The molecule has 5 N–H and O–H groups in total. The van der Waals surface area contributed by atoms with Crippen LogP contribution < -0.4 is 20.2 Å². The molecule has 0 aliphatic carbocycles. The molecule has 0 radical (unpaired) electrons. The molecule has 49 heavy (non-hydrogen) atoms. The Morgan fingerprint density at radius 3 is 2.39 bits per heavy atom. The number of benzene rings is 3. The number of phenolic OH excluding ortho intramolecular Hbond substituents is 1. The largest absolute Gasteiger partial charge is 0.506 e. The van der Waals surface area contributed by atoms with Crippen LogP contribution in [0.4, 0.5) is 4.79 Å². The van der Waals surface area contributed by atoms with Crippen molar-refractivity contribution in [3.63, 3.8) is 0 Å². The number of aromatic amines is 1. The topological polar surface area (TPSA) is 127 Å². The Morgan fingerprint density at radius 1 is 0.918 bits per heavy atom. The molecule has 3 aliphatic heterocycles. The summed E-state index contributed by atoms with van der Waals surface area (Å²) in [6, 6.07) is 21.8. The van der Waals surface area contributed by atoms with Crippen molar-refractivity contribution in [3.8, 4) is 11.5 Å². The Kier molecular flexibility index (Phi) is 11.9. The summed E-state index contributed by atoms with van der Waals surface area (Å²) in [7, 11) is 0. The van der Waals surface area contributed by atoms with E-state index < -0.39 is 11.6 Å². The number of carboxylic acid groups (broad SMARTS) is 1. The van der Waals surface area contributed by atoms with E-state index in [4.69, 9.17) is 4.74 Å². The van der Waals surface area contributed by atoms with Crippen LogP contribution in [-0.2, 0) is 12.0 Å². The Morgan fingerprint density at radius 2 is 1.65 bits per heavy atom. The van der Waals surface area contributed by atoms with Gasteiger partial charge in [-0.2, -0.15) is 0 Å². The molecule has 4 aromatic rings. The first-order valence-corrected chi connectivity index (χ1v) is 18.8. The molecular formula is C39H50N4O5S. The van der Waals surface area contributed by atoms with Gasteiger partial charge in [0, 0.05) is 12.5 Å². The number of amides is 1. The average molecular weight is 687 g/mol. The number of carbonyl (C=O) groups is 1. The number of aromatic nitrogens is 1. The molecule has 0 spiro atoms. The van der Waals surface area contributed by atoms with E-state index in [2.05, 4.69) is 44.8 Å². The highest BCUT2D eigenvalue weighted by molar-refractivity contribution is 7.16. The second-order valence-corrected chi connectivity index (χ2v) is 14.6. The van der Waals surface area contributed by atoms with Crippen molar-refractivity contribution in [3.05, 3.63) is 93.1 Å². The van der Waals surface area contributed by atoms with Gasteiger partial charge in [0.05, 0.1) is 16.8 Å². The molecule has 7 rings (SSSR count). The molecule has 3 fully saturated rings. The molecule has 0 saturated carbocycles. The van der Waals surface area contributed by atoms with Gasteiger partial charge in [0.25, 0.3) is 0 Å². The summed E-state index contributed by atoms with van der Waals surface area (Å²) >= 11 is 1.16. The standard InChI is InChI=1S/C39H50N4O5S/c44-34-17-16-29(36-35(34)41-38(47)49-36)18-22-40-21-9-4-2-1-3-5-10-25-48-32-15-11-14-31(26-32)39(42-37(45)46,30-12-7-6-8-13-30)33-27-43-23-19-28(33)20-24-43/h6-8,11-17,26,28,33,40,42,44H,1-5,9-10,18-25,27H2,(H,41,47)(H,45,46)/t33-,39?/m0/s1. The monoisotopic (exact) mass is 686 g/mol. The summed E-state index contributed by atoms with van der Waals surface area (Å²) in [6.45, 7) is 5.53. The predicted octanol–water partition coefficient (Wildman–Crippen LogP) is 7.09. The minimum absolute atomic E-state index is 0.125. The highest BCUT2D eigenvalue weighted by Crippen LogP contribution is 2.47. The number of aromatic hydroxyl groups is 1. The van der Waals surface area contributed by atoms with Crippen molar-refractivity contribution in [1.29, 1.82) is 0 Å². The first kappa shape index (κ1) is 35.0. The van der Waals surface area contributed by atoms with E-state index in [-0.39, 0.29) is 16.5 Å². The fourth-order valence-electron chi connectivity index (χ4n) is 8.03. The number of ether oxygens (including phenoxy) is 1. The Balaban J connectivity index is 0.920. The smallest absolute Gasteiger partial charge is 0.405 e. The van der Waals surface area contributed by atoms with Gasteiger partial charge in [0.2, 0.25) is 0 Å². The predicted molar refractivity (Wildman–Crippen MR) is 196 cm³/mol. The van der Waals surface area contributed by atoms with Crippen molar-refractivity contribution in [2.45, 2.75) is 69.7 Å². The van der Waals surface area contributed by atoms with Crippen LogP contribution in [0.1, 0.15) is 74.5 Å². The number of nitrogens with one attached hydrogen (secondary N) is 3. The summed E-state index contributed by atoms with van der Waals surface area (Å²) in [4.78, 5) is 29.2. The normalized spacial score (nSPS) is 19.9. The van der Waals surface area contributed by atoms with Gasteiger partial charge in [-0.3, -0.25) is 4.79 Å². The number of rotatable bonds is 18. The van der Waals surface area contributed by atoms with Gasteiger partial charge < -0.3 is 35.5 Å². The van der Waals surface area contributed by atoms with Gasteiger partial charge in [0.1, 0.15) is 17.0 Å². The van der Waals surface area contributed by atoms with Crippen LogP contribution >= 0.6 is 11.3 Å². The number of thiazole rings is 1. The van der Waals surface area contributed by atoms with E-state index in [9.17, 15) is 19.8 Å². The third-order valence-electron chi connectivity index (χ3n) is 10.5. The molecule has 3 saturated heterocycles. The molecule has 4 heterocycles. The zero-order chi connectivity index (χ0) is 34.1. The number of phenols is 1. The van der Waals surface area contributed by atoms with Crippen LogP contribution in [-0.4, -0.2) is 65.5 Å². The SMILES string of the molecule is O=C(O)NC(c1ccccc1)(c1cccc(OCCCCCCCCCNCCc2ccc(O)c3[nH]c(=O)sc23)c1)[C@H]1CN2CCC1CC2. The fraction of sp³-hybridized carbons (Fsp3) is 0.487. The van der Waals surface area contributed by atoms with E-state index in [1.165, 1.54) is 25.7 Å². The second kappa shape index (κ2) is 16.7. The van der Waals surface area contributed by atoms with Crippen molar-refractivity contribution in [2.75, 3.05) is 39.3 Å². The number of nitrogens with zero attached hydrogens (tertiary/aromatic N) is 1. The molecule has 2 atom stereocenters. The van der Waals surface area contributed by atoms with Crippen molar-refractivity contribution < 1.29 is 19.7 Å². The third kappa shape index (κ3) is 8.48. The van der Waals surface area contributed by atoms with Gasteiger partial charge in [-0.05, 0) is 99.1 Å². The number of fused-ring (bicyclic) bond motifs is 4. The van der Waals surface area contributed by atoms with E-state index in [1.807, 2.05) is 36.4 Å². The lowest BCUT2D eigenvalue weighted by Gasteiger charge is -2.53. The maximum Gasteiger partial charge on any atom is 0.405 e. The zero-order valence-corrected chi connectivity index (χ0v) is 29.1. The lowest BCUT2D eigenvalue weighted by molar-refractivity contribution is 0.00716. The van der Waals surface area contributed by atoms with Crippen LogP contribution in [0.25, 0.3) is 10.2 Å². The summed E-state index contributed by atoms with van der Waals surface area (Å²) in [6.07, 6.45) is 10.1. The molecule has 3 aliphatic rings. The van der Waals surface area contributed by atoms with Crippen LogP contribution in [0.5, 0.6) is 11.5 Å². The molecule has 3 aromatic carbocycles. The quantitative estimate of drug-likeness (QED) is 0.0708. The summed E-state index contributed by atoms with van der Waals surface area (Å²) < 4.78 is 7.10. The number of hydrogen-bond acceptors (Lipinski definition) is 7. The lowest BCUT2D eigenvalue weighted by atomic mass is 9.63. The van der Waals surface area contributed by atoms with Gasteiger partial charge >= 0.3 is 11.0 Å². The van der Waals surface area contributed by atoms with E-state index in [0.29, 0.717) is 18.0 Å². The zero-order valence-electron chi connectivity index (χ0n) is 28.3. The molecule has 262 valence electrons. The second-order valence-electron chi connectivity index (χ2n) is 13.7. The van der Waals surface area contributed by atoms with Crippen LogP contribution in [0.3, 0.4) is 0 Å². The number of hydrogen-bond donors (Lipinski definition) is 5. The summed E-state index contributed by atoms with van der Waals surface area (Å²) in [5.74, 6) is 1.51. The van der Waals surface area contributed by atoms with E-state index >= 15 is 0 Å². The molecule has 10 heteroatoms. The van der Waals surface area contributed by atoms with Gasteiger partial charge in [-0.15, -0.1) is 0 Å². The summed E-state index contributed by atoms with van der Waals surface area (Å²) in [5.41, 5.74) is 2.71. The molecular weight excluding hydrogens is 637 g/mol. The van der Waals surface area contributed by atoms with Gasteiger partial charge in [-0.25, -0.2) is 4.79 Å². The van der Waals surface area contributed by atoms with Crippen molar-refractivity contribution in [2.24, 2.45) is 11.8 Å². The minimum atomic E-state index is -1.01. The minimum Gasteiger partial charge on any atom is -0.506 e. The molecule has 9 nitrogen and oxygen atoms in total. The van der Waals surface area contributed by atoms with Crippen LogP contribution in [0.15, 0.2) is 71.5 Å². The Labute approximate surface area is 292 Å². The summed E-state index contributed by atoms with van der Waals surface area (Å²) in [5, 5.41) is 26.7. The molecule has 2 bridgehead atoms. The average Bonchev–Trinajstić information content (AvgIpc) is 3.53. The third-order valence-corrected chi connectivity index (χ3v) is 11.5. The highest BCUT2D eigenvalue weighted by atomic mass is 32.1.